The summed E-state index contributed by atoms with van der Waals surface area (Å²) in [5.74, 6) is -0.284. The molecule has 2 rings (SSSR count). The third kappa shape index (κ3) is 4.26. The van der Waals surface area contributed by atoms with Gasteiger partial charge in [-0.25, -0.2) is 26.3 Å². The van der Waals surface area contributed by atoms with Gasteiger partial charge in [0.15, 0.2) is 0 Å². The fraction of sp³-hybridized carbons (Fsp3) is 0.538. The summed E-state index contributed by atoms with van der Waals surface area (Å²) >= 11 is 0. The third-order valence-corrected chi connectivity index (χ3v) is 6.43. The predicted molar refractivity (Wildman–Crippen MR) is 81.1 cm³/mol. The lowest BCUT2D eigenvalue weighted by Gasteiger charge is -2.16. The van der Waals surface area contributed by atoms with Gasteiger partial charge in [0.2, 0.25) is 20.0 Å². The van der Waals surface area contributed by atoms with E-state index in [4.69, 9.17) is 0 Å². The summed E-state index contributed by atoms with van der Waals surface area (Å²) in [6.07, 6.45) is 4.10. The molecule has 0 heterocycles. The molecule has 0 bridgehead atoms. The van der Waals surface area contributed by atoms with E-state index in [1.54, 1.807) is 12.1 Å². The molecule has 1 aromatic rings. The fourth-order valence-corrected chi connectivity index (χ4v) is 4.16. The highest BCUT2D eigenvalue weighted by molar-refractivity contribution is 7.90. The first-order valence-corrected chi connectivity index (χ1v) is 10.0. The molecule has 1 aromatic carbocycles. The lowest BCUT2D eigenvalue weighted by Crippen LogP contribution is -2.33. The van der Waals surface area contributed by atoms with Crippen molar-refractivity contribution < 1.29 is 16.8 Å². The Hall–Kier alpha value is -0.960. The normalized spacial score (nSPS) is 15.7. The molecule has 21 heavy (non-hydrogen) atoms. The Morgan fingerprint density at radius 2 is 1.71 bits per heavy atom. The van der Waals surface area contributed by atoms with Crippen molar-refractivity contribution in [3.63, 3.8) is 0 Å². The van der Waals surface area contributed by atoms with Crippen molar-refractivity contribution >= 4 is 20.0 Å². The van der Waals surface area contributed by atoms with E-state index in [1.165, 1.54) is 12.6 Å². The number of sulfonamides is 2. The number of hydrogen-bond donors (Lipinski definition) is 2. The van der Waals surface area contributed by atoms with E-state index in [1.807, 2.05) is 6.07 Å². The molecule has 0 aliphatic heterocycles. The predicted octanol–water partition coefficient (Wildman–Crippen LogP) is 0.393. The minimum Gasteiger partial charge on any atom is -0.218 e. The van der Waals surface area contributed by atoms with E-state index in [9.17, 15) is 16.8 Å². The van der Waals surface area contributed by atoms with Crippen molar-refractivity contribution in [1.82, 2.24) is 9.44 Å². The van der Waals surface area contributed by atoms with Crippen molar-refractivity contribution in [2.75, 3.05) is 19.3 Å². The first-order valence-electron chi connectivity index (χ1n) is 6.87. The quantitative estimate of drug-likeness (QED) is 0.788. The standard InChI is InChI=1S/C13H20N2O4S2/c1-14-20(16,17)9-8-15-21(18,19)13-7-6-11-4-2-3-5-12(11)10-13/h6-7,10,14-15H,2-5,8-9H2,1H3. The number of nitrogens with one attached hydrogen (secondary N) is 2. The van der Waals surface area contributed by atoms with Crippen LogP contribution in [-0.4, -0.2) is 36.2 Å². The zero-order valence-electron chi connectivity index (χ0n) is 11.9. The molecule has 0 saturated carbocycles. The summed E-state index contributed by atoms with van der Waals surface area (Å²) in [7, 11) is -5.78. The van der Waals surface area contributed by atoms with Crippen molar-refractivity contribution in [2.45, 2.75) is 30.6 Å². The molecule has 0 saturated heterocycles. The Labute approximate surface area is 126 Å². The molecule has 2 N–H and O–H groups in total. The smallest absolute Gasteiger partial charge is 0.218 e. The third-order valence-electron chi connectivity index (χ3n) is 3.60. The Kier molecular flexibility index (Phi) is 5.03. The maximum absolute atomic E-state index is 12.2. The van der Waals surface area contributed by atoms with E-state index < -0.39 is 20.0 Å². The van der Waals surface area contributed by atoms with Gasteiger partial charge >= 0.3 is 0 Å². The summed E-state index contributed by atoms with van der Waals surface area (Å²) in [6.45, 7) is -0.150. The number of benzene rings is 1. The van der Waals surface area contributed by atoms with Crippen molar-refractivity contribution in [1.29, 1.82) is 0 Å². The van der Waals surface area contributed by atoms with Gasteiger partial charge in [-0.1, -0.05) is 6.07 Å². The molecule has 0 radical (unpaired) electrons. The molecule has 118 valence electrons. The fourth-order valence-electron chi connectivity index (χ4n) is 2.37. The van der Waals surface area contributed by atoms with E-state index in [2.05, 4.69) is 9.44 Å². The van der Waals surface area contributed by atoms with E-state index >= 15 is 0 Å². The van der Waals surface area contributed by atoms with Crippen LogP contribution in [0.15, 0.2) is 23.1 Å². The second-order valence-electron chi connectivity index (χ2n) is 5.06. The second kappa shape index (κ2) is 6.43. The second-order valence-corrected chi connectivity index (χ2v) is 8.87. The van der Waals surface area contributed by atoms with Gasteiger partial charge in [-0.3, -0.25) is 0 Å². The Morgan fingerprint density at radius 3 is 2.38 bits per heavy atom. The van der Waals surface area contributed by atoms with Gasteiger partial charge in [0.05, 0.1) is 10.6 Å². The SMILES string of the molecule is CNS(=O)(=O)CCNS(=O)(=O)c1ccc2c(c1)CCCC2. The number of fused-ring (bicyclic) bond motifs is 1. The average Bonchev–Trinajstić information content (AvgIpc) is 2.46. The van der Waals surface area contributed by atoms with Gasteiger partial charge in [-0.15, -0.1) is 0 Å². The van der Waals surface area contributed by atoms with E-state index in [-0.39, 0.29) is 17.2 Å². The first-order chi connectivity index (χ1) is 9.84. The van der Waals surface area contributed by atoms with Crippen LogP contribution in [0.3, 0.4) is 0 Å². The first kappa shape index (κ1) is 16.4. The molecule has 0 atom stereocenters. The molecule has 1 aliphatic carbocycles. The van der Waals surface area contributed by atoms with Gasteiger partial charge in [0, 0.05) is 6.54 Å². The van der Waals surface area contributed by atoms with Crippen LogP contribution in [0.5, 0.6) is 0 Å². The van der Waals surface area contributed by atoms with E-state index in [0.29, 0.717) is 0 Å². The van der Waals surface area contributed by atoms with Gasteiger partial charge in [-0.05, 0) is 56.0 Å². The molecule has 0 fully saturated rings. The van der Waals surface area contributed by atoms with Gasteiger partial charge in [-0.2, -0.15) is 0 Å². The summed E-state index contributed by atoms with van der Waals surface area (Å²) in [4.78, 5) is 0.199. The maximum atomic E-state index is 12.2. The van der Waals surface area contributed by atoms with Crippen molar-refractivity contribution in [3.8, 4) is 0 Å². The Balaban J connectivity index is 2.09. The molecule has 6 nitrogen and oxygen atoms in total. The molecular formula is C13H20N2O4S2. The highest BCUT2D eigenvalue weighted by Gasteiger charge is 2.18. The van der Waals surface area contributed by atoms with Crippen LogP contribution in [0.2, 0.25) is 0 Å². The van der Waals surface area contributed by atoms with Crippen LogP contribution in [0.25, 0.3) is 0 Å². The summed E-state index contributed by atoms with van der Waals surface area (Å²) in [5, 5.41) is 0. The summed E-state index contributed by atoms with van der Waals surface area (Å²) in [5.41, 5.74) is 2.28. The van der Waals surface area contributed by atoms with Crippen LogP contribution in [-0.2, 0) is 32.9 Å². The monoisotopic (exact) mass is 332 g/mol. The number of rotatable bonds is 6. The number of hydrogen-bond acceptors (Lipinski definition) is 4. The van der Waals surface area contributed by atoms with Gasteiger partial charge in [0.25, 0.3) is 0 Å². The highest BCUT2D eigenvalue weighted by Crippen LogP contribution is 2.23. The molecule has 0 spiro atoms. The lowest BCUT2D eigenvalue weighted by molar-refractivity contribution is 0.578. The van der Waals surface area contributed by atoms with Crippen LogP contribution in [0.1, 0.15) is 24.0 Å². The van der Waals surface area contributed by atoms with Crippen LogP contribution in [0.4, 0.5) is 0 Å². The summed E-state index contributed by atoms with van der Waals surface area (Å²) < 4.78 is 51.3. The minimum atomic E-state index is -3.67. The van der Waals surface area contributed by atoms with Crippen molar-refractivity contribution in [3.05, 3.63) is 29.3 Å². The van der Waals surface area contributed by atoms with Crippen molar-refractivity contribution in [2.24, 2.45) is 0 Å². The zero-order valence-corrected chi connectivity index (χ0v) is 13.6. The minimum absolute atomic E-state index is 0.150. The molecule has 0 amide bonds. The molecule has 1 aliphatic rings. The Morgan fingerprint density at radius 1 is 1.05 bits per heavy atom. The highest BCUT2D eigenvalue weighted by atomic mass is 32.2. The molecule has 8 heteroatoms. The maximum Gasteiger partial charge on any atom is 0.240 e. The Bertz CT molecular complexity index is 712. The van der Waals surface area contributed by atoms with Crippen LogP contribution >= 0.6 is 0 Å². The number of aryl methyl sites for hydroxylation is 2. The molecule has 0 aromatic heterocycles. The zero-order chi connectivity index (χ0) is 15.5. The van der Waals surface area contributed by atoms with Gasteiger partial charge in [0.1, 0.15) is 0 Å². The lowest BCUT2D eigenvalue weighted by atomic mass is 9.92. The van der Waals surface area contributed by atoms with Gasteiger partial charge < -0.3 is 0 Å². The van der Waals surface area contributed by atoms with E-state index in [0.717, 1.165) is 31.2 Å². The topological polar surface area (TPSA) is 92.3 Å². The van der Waals surface area contributed by atoms with Crippen LogP contribution < -0.4 is 9.44 Å². The molecular weight excluding hydrogens is 312 g/mol. The largest absolute Gasteiger partial charge is 0.240 e. The summed E-state index contributed by atoms with van der Waals surface area (Å²) in [6, 6.07) is 5.13. The molecule has 0 unspecified atom stereocenters. The average molecular weight is 332 g/mol. The van der Waals surface area contributed by atoms with Crippen LogP contribution in [0, 0.1) is 0 Å².